The number of rotatable bonds is 3. The number of pyridine rings is 1. The number of hydrogen-bond acceptors (Lipinski definition) is 3. The van der Waals surface area contributed by atoms with Crippen LogP contribution in [0.2, 0.25) is 0 Å². The molecule has 0 spiro atoms. The Kier molecular flexibility index (Phi) is 5.84. The van der Waals surface area contributed by atoms with Gasteiger partial charge in [-0.25, -0.2) is 4.79 Å². The molecule has 118 valence electrons. The Morgan fingerprint density at radius 3 is 2.70 bits per heavy atom. The molecule has 0 saturated carbocycles. The first kappa shape index (κ1) is 17.1. The van der Waals surface area contributed by atoms with E-state index in [4.69, 9.17) is 0 Å². The van der Waals surface area contributed by atoms with Crippen molar-refractivity contribution in [3.8, 4) is 0 Å². The third kappa shape index (κ3) is 4.15. The lowest BCUT2D eigenvalue weighted by Gasteiger charge is -2.10. The molecule has 0 aliphatic heterocycles. The summed E-state index contributed by atoms with van der Waals surface area (Å²) >= 11 is 1.64. The summed E-state index contributed by atoms with van der Waals surface area (Å²) in [5.41, 5.74) is 2.36. The predicted molar refractivity (Wildman–Crippen MR) is 99.9 cm³/mol. The fourth-order valence-electron chi connectivity index (χ4n) is 2.19. The van der Waals surface area contributed by atoms with Gasteiger partial charge < -0.3 is 10.6 Å². The van der Waals surface area contributed by atoms with Gasteiger partial charge in [0.2, 0.25) is 0 Å². The summed E-state index contributed by atoms with van der Waals surface area (Å²) in [5.74, 6) is 0. The maximum Gasteiger partial charge on any atom is 0.323 e. The van der Waals surface area contributed by atoms with Gasteiger partial charge in [-0.3, -0.25) is 4.98 Å². The summed E-state index contributed by atoms with van der Waals surface area (Å²) in [7, 11) is 0. The van der Waals surface area contributed by atoms with E-state index in [0.717, 1.165) is 27.2 Å². The number of fused-ring (bicyclic) bond motifs is 1. The lowest BCUT2D eigenvalue weighted by molar-refractivity contribution is 0.262. The molecule has 0 atom stereocenters. The molecule has 0 aliphatic carbocycles. The van der Waals surface area contributed by atoms with E-state index in [-0.39, 0.29) is 18.4 Å². The van der Waals surface area contributed by atoms with Crippen LogP contribution < -0.4 is 10.6 Å². The lowest BCUT2D eigenvalue weighted by Crippen LogP contribution is -2.19. The predicted octanol–water partition coefficient (Wildman–Crippen LogP) is 5.02. The van der Waals surface area contributed by atoms with Crippen molar-refractivity contribution in [2.45, 2.75) is 4.90 Å². The Labute approximate surface area is 145 Å². The first-order valence-corrected chi connectivity index (χ1v) is 8.04. The van der Waals surface area contributed by atoms with Crippen LogP contribution in [0, 0.1) is 0 Å². The van der Waals surface area contributed by atoms with E-state index in [1.54, 1.807) is 24.0 Å². The van der Waals surface area contributed by atoms with Crippen molar-refractivity contribution >= 4 is 52.5 Å². The number of anilines is 2. The second-order valence-electron chi connectivity index (χ2n) is 4.69. The Balaban J connectivity index is 0.00000192. The first-order chi connectivity index (χ1) is 10.8. The number of urea groups is 1. The molecule has 0 radical (unpaired) electrons. The largest absolute Gasteiger partial charge is 0.323 e. The van der Waals surface area contributed by atoms with Crippen LogP contribution in [0.5, 0.6) is 0 Å². The number of nitrogens with zero attached hydrogens (tertiary/aromatic N) is 1. The van der Waals surface area contributed by atoms with E-state index in [9.17, 15) is 4.79 Å². The molecule has 23 heavy (non-hydrogen) atoms. The van der Waals surface area contributed by atoms with Gasteiger partial charge in [-0.2, -0.15) is 0 Å². The van der Waals surface area contributed by atoms with E-state index < -0.39 is 0 Å². The number of nitrogens with one attached hydrogen (secondary N) is 2. The summed E-state index contributed by atoms with van der Waals surface area (Å²) in [4.78, 5) is 17.6. The number of aromatic nitrogens is 1. The Morgan fingerprint density at radius 1 is 1.04 bits per heavy atom. The van der Waals surface area contributed by atoms with E-state index in [1.165, 1.54) is 0 Å². The zero-order chi connectivity index (χ0) is 15.4. The van der Waals surface area contributed by atoms with Crippen molar-refractivity contribution < 1.29 is 4.79 Å². The number of benzene rings is 2. The monoisotopic (exact) mass is 345 g/mol. The topological polar surface area (TPSA) is 54.0 Å². The second kappa shape index (κ2) is 7.85. The number of halogens is 1. The SMILES string of the molecule is CSc1cccc(NC(=O)Nc2ccnc3ccccc23)c1.Cl. The van der Waals surface area contributed by atoms with Gasteiger partial charge in [0.05, 0.1) is 11.2 Å². The minimum absolute atomic E-state index is 0. The molecule has 0 unspecified atom stereocenters. The van der Waals surface area contributed by atoms with Gasteiger partial charge in [0.15, 0.2) is 0 Å². The van der Waals surface area contributed by atoms with Gasteiger partial charge in [0.25, 0.3) is 0 Å². The van der Waals surface area contributed by atoms with E-state index in [0.29, 0.717) is 0 Å². The number of carbonyl (C=O) groups is 1. The number of amides is 2. The highest BCUT2D eigenvalue weighted by molar-refractivity contribution is 7.98. The minimum Gasteiger partial charge on any atom is -0.308 e. The van der Waals surface area contributed by atoms with Gasteiger partial charge in [-0.1, -0.05) is 24.3 Å². The van der Waals surface area contributed by atoms with Crippen LogP contribution in [0.3, 0.4) is 0 Å². The molecule has 1 heterocycles. The van der Waals surface area contributed by atoms with Gasteiger partial charge >= 0.3 is 6.03 Å². The fourth-order valence-corrected chi connectivity index (χ4v) is 2.65. The van der Waals surface area contributed by atoms with Gasteiger partial charge in [-0.15, -0.1) is 24.2 Å². The highest BCUT2D eigenvalue weighted by atomic mass is 35.5. The number of thioether (sulfide) groups is 1. The molecule has 1 aromatic heterocycles. The van der Waals surface area contributed by atoms with Crippen LogP contribution in [0.15, 0.2) is 65.7 Å². The molecular formula is C17H16ClN3OS. The van der Waals surface area contributed by atoms with Crippen LogP contribution in [0.1, 0.15) is 0 Å². The standard InChI is InChI=1S/C17H15N3OS.ClH/c1-22-13-6-4-5-12(11-13)19-17(21)20-16-9-10-18-15-8-3-2-7-14(15)16;/h2-11H,1H3,(H2,18,19,20,21);1H. The molecule has 0 bridgehead atoms. The molecule has 3 aromatic rings. The van der Waals surface area contributed by atoms with Crippen LogP contribution in [-0.4, -0.2) is 17.3 Å². The maximum absolute atomic E-state index is 12.2. The zero-order valence-electron chi connectivity index (χ0n) is 12.4. The smallest absolute Gasteiger partial charge is 0.308 e. The lowest BCUT2D eigenvalue weighted by atomic mass is 10.2. The quantitative estimate of drug-likeness (QED) is 0.655. The summed E-state index contributed by atoms with van der Waals surface area (Å²) in [6.45, 7) is 0. The number of carbonyl (C=O) groups excluding carboxylic acids is 1. The average Bonchev–Trinajstić information content (AvgIpc) is 2.55. The van der Waals surface area contributed by atoms with E-state index >= 15 is 0 Å². The Bertz CT molecular complexity index is 820. The zero-order valence-corrected chi connectivity index (χ0v) is 14.1. The first-order valence-electron chi connectivity index (χ1n) is 6.82. The van der Waals surface area contributed by atoms with Gasteiger partial charge in [-0.05, 0) is 36.6 Å². The molecule has 2 aromatic carbocycles. The highest BCUT2D eigenvalue weighted by Gasteiger charge is 2.06. The van der Waals surface area contributed by atoms with Crippen molar-refractivity contribution in [3.05, 3.63) is 60.8 Å². The summed E-state index contributed by atoms with van der Waals surface area (Å²) in [6, 6.07) is 17.0. The minimum atomic E-state index is -0.269. The average molecular weight is 346 g/mol. The molecule has 0 saturated heterocycles. The van der Waals surface area contributed by atoms with E-state index in [1.807, 2.05) is 54.8 Å². The van der Waals surface area contributed by atoms with Crippen LogP contribution in [0.25, 0.3) is 10.9 Å². The van der Waals surface area contributed by atoms with Crippen molar-refractivity contribution in [2.24, 2.45) is 0 Å². The molecule has 6 heteroatoms. The molecule has 0 fully saturated rings. The van der Waals surface area contributed by atoms with Crippen molar-refractivity contribution in [3.63, 3.8) is 0 Å². The van der Waals surface area contributed by atoms with Crippen molar-refractivity contribution in [2.75, 3.05) is 16.9 Å². The third-order valence-electron chi connectivity index (χ3n) is 3.22. The molecule has 0 aliphatic rings. The van der Waals surface area contributed by atoms with Crippen molar-refractivity contribution in [1.82, 2.24) is 4.98 Å². The molecule has 3 rings (SSSR count). The van der Waals surface area contributed by atoms with Gasteiger partial charge in [0, 0.05) is 22.2 Å². The summed E-state index contributed by atoms with van der Waals surface area (Å²) in [5, 5.41) is 6.63. The van der Waals surface area contributed by atoms with Crippen LogP contribution in [-0.2, 0) is 0 Å². The van der Waals surface area contributed by atoms with Crippen LogP contribution in [0.4, 0.5) is 16.2 Å². The number of para-hydroxylation sites is 1. The summed E-state index contributed by atoms with van der Waals surface area (Å²) < 4.78 is 0. The maximum atomic E-state index is 12.2. The third-order valence-corrected chi connectivity index (χ3v) is 3.95. The van der Waals surface area contributed by atoms with Crippen LogP contribution >= 0.6 is 24.2 Å². The molecule has 2 N–H and O–H groups in total. The van der Waals surface area contributed by atoms with Gasteiger partial charge in [0.1, 0.15) is 0 Å². The Hall–Kier alpha value is -2.24. The van der Waals surface area contributed by atoms with Crippen molar-refractivity contribution in [1.29, 1.82) is 0 Å². The normalized spacial score (nSPS) is 9.96. The van der Waals surface area contributed by atoms with E-state index in [2.05, 4.69) is 15.6 Å². The molecule has 4 nitrogen and oxygen atoms in total. The highest BCUT2D eigenvalue weighted by Crippen LogP contribution is 2.22. The fraction of sp³-hybridized carbons (Fsp3) is 0.0588. The Morgan fingerprint density at radius 2 is 1.87 bits per heavy atom. The molecule has 2 amide bonds. The number of hydrogen-bond donors (Lipinski definition) is 2. The summed E-state index contributed by atoms with van der Waals surface area (Å²) in [6.07, 6.45) is 3.69. The molecular weight excluding hydrogens is 330 g/mol. The second-order valence-corrected chi connectivity index (χ2v) is 5.57.